The van der Waals surface area contributed by atoms with E-state index in [9.17, 15) is 4.39 Å². The van der Waals surface area contributed by atoms with Crippen LogP contribution in [-0.4, -0.2) is 0 Å². The third-order valence-electron chi connectivity index (χ3n) is 0.276. The van der Waals surface area contributed by atoms with Gasteiger partial charge in [0.15, 0.2) is 5.95 Å². The highest BCUT2D eigenvalue weighted by molar-refractivity contribution is 4.78. The third-order valence-corrected chi connectivity index (χ3v) is 0.276. The van der Waals surface area contributed by atoms with Gasteiger partial charge >= 0.3 is 0 Å². The first-order valence-corrected chi connectivity index (χ1v) is 1.34. The van der Waals surface area contributed by atoms with Gasteiger partial charge in [0.2, 0.25) is 0 Å². The van der Waals surface area contributed by atoms with Gasteiger partial charge in [0, 0.05) is 0 Å². The van der Waals surface area contributed by atoms with E-state index in [0.717, 1.165) is 0 Å². The number of allylic oxidation sites excluding steroid dienone is 1. The lowest BCUT2D eigenvalue weighted by Gasteiger charge is -1.70. The maximum absolute atomic E-state index is 11.1. The van der Waals surface area contributed by atoms with E-state index in [2.05, 4.69) is 5.73 Å². The Morgan fingerprint density at radius 2 is 2.20 bits per heavy atom. The molecule has 0 fully saturated rings. The van der Waals surface area contributed by atoms with Crippen LogP contribution in [0.1, 0.15) is 6.92 Å². The zero-order valence-electron chi connectivity index (χ0n) is 3.03. The largest absolute Gasteiger partial charge is 0.376 e. The van der Waals surface area contributed by atoms with E-state index in [1.54, 1.807) is 0 Å². The molecule has 0 rings (SSSR count). The van der Waals surface area contributed by atoms with E-state index in [0.29, 0.717) is 0 Å². The van der Waals surface area contributed by atoms with Crippen LogP contribution < -0.4 is 5.73 Å². The first kappa shape index (κ1) is 4.47. The third kappa shape index (κ3) is 3.47. The molecule has 0 amide bonds. The molecule has 0 atom stereocenters. The first-order valence-electron chi connectivity index (χ1n) is 1.34. The minimum absolute atomic E-state index is 0.620. The fraction of sp³-hybridized carbons (Fsp3) is 0.333. The Labute approximate surface area is 30.3 Å². The molecule has 1 nitrogen and oxygen atoms in total. The van der Waals surface area contributed by atoms with Gasteiger partial charge < -0.3 is 5.73 Å². The van der Waals surface area contributed by atoms with Crippen LogP contribution >= 0.6 is 0 Å². The molecule has 2 heteroatoms. The summed E-state index contributed by atoms with van der Waals surface area (Å²) in [5, 5.41) is 0. The molecule has 30 valence electrons. The minimum Gasteiger partial charge on any atom is -0.376 e. The van der Waals surface area contributed by atoms with Gasteiger partial charge in [0.05, 0.1) is 0 Å². The Kier molecular flexibility index (Phi) is 1.57. The zero-order chi connectivity index (χ0) is 4.28. The molecule has 0 aliphatic carbocycles. The smallest absolute Gasteiger partial charge is 0.180 e. The summed E-state index contributed by atoms with van der Waals surface area (Å²) in [5.41, 5.74) is 4.49. The highest BCUT2D eigenvalue weighted by atomic mass is 19.1. The van der Waals surface area contributed by atoms with Crippen molar-refractivity contribution in [3.05, 3.63) is 12.0 Å². The van der Waals surface area contributed by atoms with Crippen LogP contribution in [0, 0.1) is 0 Å². The van der Waals surface area contributed by atoms with Crippen molar-refractivity contribution in [1.29, 1.82) is 0 Å². The summed E-state index contributed by atoms with van der Waals surface area (Å²) in [6.07, 6.45) is 1.19. The zero-order valence-corrected chi connectivity index (χ0v) is 3.03. The predicted molar refractivity (Wildman–Crippen MR) is 19.1 cm³/mol. The molecule has 0 saturated carbocycles. The van der Waals surface area contributed by atoms with E-state index in [4.69, 9.17) is 0 Å². The van der Waals surface area contributed by atoms with Gasteiger partial charge in [0.1, 0.15) is 0 Å². The Morgan fingerprint density at radius 1 is 2.00 bits per heavy atom. The monoisotopic (exact) mass is 75.0 g/mol. The molecule has 0 aromatic carbocycles. The molecule has 0 bridgehead atoms. The average Bonchev–Trinajstić information content (AvgIpc) is 1.38. The van der Waals surface area contributed by atoms with Crippen molar-refractivity contribution in [2.24, 2.45) is 5.73 Å². The molecule has 0 aromatic rings. The molecule has 0 aromatic heterocycles. The normalized spacial score (nSPS) is 12.0. The number of nitrogens with two attached hydrogens (primary N) is 1. The van der Waals surface area contributed by atoms with Crippen molar-refractivity contribution in [3.8, 4) is 0 Å². The maximum atomic E-state index is 11.1. The Hall–Kier alpha value is -0.530. The number of rotatable bonds is 0. The maximum Gasteiger partial charge on any atom is 0.180 e. The molecule has 0 heterocycles. The fourth-order valence-corrected chi connectivity index (χ4v) is 0. The first-order chi connectivity index (χ1) is 2.27. The summed E-state index contributed by atoms with van der Waals surface area (Å²) in [7, 11) is 0. The fourth-order valence-electron chi connectivity index (χ4n) is 0. The summed E-state index contributed by atoms with van der Waals surface area (Å²) in [5.74, 6) is -0.620. The lowest BCUT2D eigenvalue weighted by atomic mass is 10.7. The van der Waals surface area contributed by atoms with Crippen LogP contribution in [0.25, 0.3) is 0 Å². The van der Waals surface area contributed by atoms with Gasteiger partial charge in [-0.2, -0.15) is 4.39 Å². The van der Waals surface area contributed by atoms with Gasteiger partial charge in [-0.15, -0.1) is 0 Å². The molecule has 0 aliphatic rings. The molecule has 2 N–H and O–H groups in total. The average molecular weight is 75.1 g/mol. The quantitative estimate of drug-likeness (QED) is 0.423. The van der Waals surface area contributed by atoms with E-state index in [1.807, 2.05) is 0 Å². The van der Waals surface area contributed by atoms with Gasteiger partial charge in [-0.3, -0.25) is 0 Å². The number of hydrogen-bond donors (Lipinski definition) is 1. The van der Waals surface area contributed by atoms with Crippen molar-refractivity contribution in [2.45, 2.75) is 6.92 Å². The summed E-state index contributed by atoms with van der Waals surface area (Å²) in [6.45, 7) is 1.54. The van der Waals surface area contributed by atoms with Crippen LogP contribution in [0.5, 0.6) is 0 Å². The Bertz CT molecular complexity index is 44.9. The van der Waals surface area contributed by atoms with Crippen molar-refractivity contribution in [1.82, 2.24) is 0 Å². The molecular weight excluding hydrogens is 69.0 g/mol. The SMILES string of the molecule is C/C=C(\N)F. The van der Waals surface area contributed by atoms with E-state index in [-0.39, 0.29) is 0 Å². The highest BCUT2D eigenvalue weighted by Crippen LogP contribution is 1.77. The Morgan fingerprint density at radius 3 is 2.20 bits per heavy atom. The van der Waals surface area contributed by atoms with Crippen LogP contribution in [-0.2, 0) is 0 Å². The van der Waals surface area contributed by atoms with Gasteiger partial charge in [-0.25, -0.2) is 0 Å². The molecule has 0 aliphatic heterocycles. The summed E-state index contributed by atoms with van der Waals surface area (Å²) in [6, 6.07) is 0. The minimum atomic E-state index is -0.620. The Balaban J connectivity index is 3.14. The van der Waals surface area contributed by atoms with Crippen molar-refractivity contribution in [2.75, 3.05) is 0 Å². The summed E-state index contributed by atoms with van der Waals surface area (Å²) >= 11 is 0. The number of halogens is 1. The van der Waals surface area contributed by atoms with Crippen molar-refractivity contribution in [3.63, 3.8) is 0 Å². The van der Waals surface area contributed by atoms with Crippen LogP contribution in [0.15, 0.2) is 12.0 Å². The van der Waals surface area contributed by atoms with Crippen LogP contribution in [0.3, 0.4) is 0 Å². The lowest BCUT2D eigenvalue weighted by molar-refractivity contribution is 0.625. The van der Waals surface area contributed by atoms with Crippen molar-refractivity contribution >= 4 is 0 Å². The molecule has 0 unspecified atom stereocenters. The highest BCUT2D eigenvalue weighted by Gasteiger charge is 1.66. The predicted octanol–water partition coefficient (Wildman–Crippen LogP) is 0.776. The van der Waals surface area contributed by atoms with Crippen LogP contribution in [0.2, 0.25) is 0 Å². The van der Waals surface area contributed by atoms with Gasteiger partial charge in [-0.05, 0) is 13.0 Å². The number of hydrogen-bond acceptors (Lipinski definition) is 1. The van der Waals surface area contributed by atoms with E-state index in [1.165, 1.54) is 13.0 Å². The molecular formula is C3H6FN. The second-order valence-electron chi connectivity index (χ2n) is 0.674. The molecule has 0 radical (unpaired) electrons. The topological polar surface area (TPSA) is 26.0 Å². The standard InChI is InChI=1S/C3H6FN/c1-2-3(4)5/h2H,5H2,1H3/b3-2-. The van der Waals surface area contributed by atoms with E-state index < -0.39 is 5.95 Å². The molecule has 5 heavy (non-hydrogen) atoms. The van der Waals surface area contributed by atoms with Gasteiger partial charge in [0.25, 0.3) is 0 Å². The molecule has 0 saturated heterocycles. The van der Waals surface area contributed by atoms with Crippen LogP contribution in [0.4, 0.5) is 4.39 Å². The summed E-state index contributed by atoms with van der Waals surface area (Å²) < 4.78 is 11.1. The summed E-state index contributed by atoms with van der Waals surface area (Å²) in [4.78, 5) is 0. The van der Waals surface area contributed by atoms with Crippen molar-refractivity contribution < 1.29 is 4.39 Å². The second-order valence-corrected chi connectivity index (χ2v) is 0.674. The second kappa shape index (κ2) is 1.76. The van der Waals surface area contributed by atoms with Gasteiger partial charge in [-0.1, -0.05) is 0 Å². The molecule has 0 spiro atoms. The lowest BCUT2D eigenvalue weighted by Crippen LogP contribution is -1.84. The van der Waals surface area contributed by atoms with E-state index >= 15 is 0 Å².